The highest BCUT2D eigenvalue weighted by Gasteiger charge is 2.41. The molecule has 2 aromatic heterocycles. The monoisotopic (exact) mass is 495 g/mol. The van der Waals surface area contributed by atoms with Crippen molar-refractivity contribution in [2.24, 2.45) is 0 Å². The maximum absolute atomic E-state index is 12.9. The molecule has 0 fully saturated rings. The number of nitrogens with zero attached hydrogens (tertiary/aromatic N) is 2. The quantitative estimate of drug-likeness (QED) is 0.292. The zero-order valence-corrected chi connectivity index (χ0v) is 21.1. The second kappa shape index (κ2) is 10.3. The molecule has 0 aliphatic carbocycles. The molecular formula is C24H29F3N3O3P. The first-order valence-corrected chi connectivity index (χ1v) is 11.2. The fourth-order valence-corrected chi connectivity index (χ4v) is 3.47. The highest BCUT2D eigenvalue weighted by molar-refractivity contribution is 7.27. The van der Waals surface area contributed by atoms with Crippen molar-refractivity contribution in [1.29, 1.82) is 0 Å². The van der Waals surface area contributed by atoms with E-state index in [2.05, 4.69) is 35.1 Å². The zero-order valence-electron chi connectivity index (χ0n) is 19.9. The van der Waals surface area contributed by atoms with Crippen molar-refractivity contribution in [1.82, 2.24) is 15.5 Å². The average molecular weight is 495 g/mol. The van der Waals surface area contributed by atoms with Crippen molar-refractivity contribution in [2.45, 2.75) is 65.1 Å². The predicted molar refractivity (Wildman–Crippen MR) is 129 cm³/mol. The minimum absolute atomic E-state index is 0.0115. The Morgan fingerprint density at radius 3 is 2.38 bits per heavy atom. The molecule has 1 aromatic carbocycles. The molecule has 0 spiro atoms. The number of aliphatic hydroxyl groups is 1. The molecule has 0 radical (unpaired) electrons. The van der Waals surface area contributed by atoms with Crippen molar-refractivity contribution >= 4 is 25.4 Å². The second-order valence-electron chi connectivity index (χ2n) is 8.18. The Morgan fingerprint density at radius 1 is 1.18 bits per heavy atom. The molecule has 10 heteroatoms. The van der Waals surface area contributed by atoms with E-state index in [1.165, 1.54) is 6.92 Å². The van der Waals surface area contributed by atoms with Crippen LogP contribution < -0.4 is 15.4 Å². The molecule has 0 saturated carbocycles. The Bertz CT molecular complexity index is 1180. The van der Waals surface area contributed by atoms with Crippen LogP contribution in [0.1, 0.15) is 58.6 Å². The van der Waals surface area contributed by atoms with Crippen molar-refractivity contribution in [3.05, 3.63) is 47.5 Å². The summed E-state index contributed by atoms with van der Waals surface area (Å²) < 4.78 is 49.0. The molecular weight excluding hydrogens is 466 g/mol. The van der Waals surface area contributed by atoms with E-state index in [9.17, 15) is 18.3 Å². The van der Waals surface area contributed by atoms with E-state index >= 15 is 0 Å². The third-order valence-electron chi connectivity index (χ3n) is 5.07. The molecule has 184 valence electrons. The van der Waals surface area contributed by atoms with Gasteiger partial charge in [-0.15, -0.1) is 15.7 Å². The van der Waals surface area contributed by atoms with Gasteiger partial charge >= 0.3 is 6.18 Å². The minimum Gasteiger partial charge on any atom is -0.486 e. The van der Waals surface area contributed by atoms with Crippen LogP contribution in [0.4, 0.5) is 13.2 Å². The predicted octanol–water partition coefficient (Wildman–Crippen LogP) is 4.75. The van der Waals surface area contributed by atoms with Gasteiger partial charge < -0.3 is 14.4 Å². The van der Waals surface area contributed by atoms with Gasteiger partial charge in [-0.05, 0) is 45.9 Å². The molecule has 6 nitrogen and oxygen atoms in total. The highest BCUT2D eigenvalue weighted by atomic mass is 31.0. The van der Waals surface area contributed by atoms with Crippen molar-refractivity contribution in [2.75, 3.05) is 0 Å². The third kappa shape index (κ3) is 6.26. The molecule has 3 aromatic rings. The van der Waals surface area contributed by atoms with Crippen LogP contribution in [0.25, 0.3) is 10.9 Å². The number of benzene rings is 1. The van der Waals surface area contributed by atoms with E-state index in [4.69, 9.17) is 11.2 Å². The summed E-state index contributed by atoms with van der Waals surface area (Å²) in [4.78, 5) is 4.31. The molecule has 2 N–H and O–H groups in total. The van der Waals surface area contributed by atoms with Crippen LogP contribution in [0.2, 0.25) is 0 Å². The molecule has 2 heterocycles. The van der Waals surface area contributed by atoms with E-state index in [0.717, 1.165) is 17.0 Å². The van der Waals surface area contributed by atoms with Crippen LogP contribution in [0, 0.1) is 12.3 Å². The summed E-state index contributed by atoms with van der Waals surface area (Å²) in [7, 11) is 2.55. The smallest absolute Gasteiger partial charge is 0.452 e. The van der Waals surface area contributed by atoms with Crippen LogP contribution in [-0.2, 0) is 11.7 Å². The summed E-state index contributed by atoms with van der Waals surface area (Å²) in [5.41, 5.74) is -1.47. The number of halogens is 3. The lowest BCUT2D eigenvalue weighted by Crippen LogP contribution is -2.59. The average Bonchev–Trinajstić information content (AvgIpc) is 3.27. The van der Waals surface area contributed by atoms with Gasteiger partial charge in [0, 0.05) is 28.5 Å². The van der Waals surface area contributed by atoms with Crippen molar-refractivity contribution < 1.29 is 27.5 Å². The lowest BCUT2D eigenvalue weighted by molar-refractivity contribution is -0.155. The molecule has 3 atom stereocenters. The van der Waals surface area contributed by atoms with Crippen molar-refractivity contribution in [3.63, 3.8) is 0 Å². The lowest BCUT2D eigenvalue weighted by atomic mass is 9.96. The summed E-state index contributed by atoms with van der Waals surface area (Å²) in [6.45, 7) is 10.3. The normalized spacial score (nSPS) is 14.5. The molecule has 0 amide bonds. The number of terminal acetylenes is 1. The topological polar surface area (TPSA) is 80.4 Å². The number of ether oxygens (including phenoxy) is 1. The number of fused-ring (bicyclic) bond motifs is 1. The first kappa shape index (κ1) is 27.6. The van der Waals surface area contributed by atoms with Gasteiger partial charge in [0.15, 0.2) is 5.72 Å². The van der Waals surface area contributed by atoms with E-state index in [0.29, 0.717) is 16.6 Å². The number of hydrogen-bond donors (Lipinski definition) is 2. The molecule has 3 unspecified atom stereocenters. The number of alkyl halides is 3. The number of pyridine rings is 1. The van der Waals surface area contributed by atoms with Gasteiger partial charge in [0.1, 0.15) is 17.5 Å². The molecule has 0 aliphatic rings. The Balaban J connectivity index is 0.00000199. The van der Waals surface area contributed by atoms with Crippen LogP contribution >= 0.6 is 9.24 Å². The summed E-state index contributed by atoms with van der Waals surface area (Å²) in [6, 6.07) is 6.17. The molecule has 0 aliphatic heterocycles. The van der Waals surface area contributed by atoms with Gasteiger partial charge in [-0.25, -0.2) is 0 Å². The third-order valence-corrected chi connectivity index (χ3v) is 5.52. The number of nitrogens with one attached hydrogen (secondary N) is 1. The standard InChI is InChI=1S/C22H23F3N3O3P.C2H6/c1-6-13-7-14-8-16(17(32)9-15(14)26-11-13)30-12(2)21(5,29)28-20(3,4)18-10-19(31-27-18)22(23,24)25;1-2/h1,7-12,28-29H,32H2,2-5H3;1-2H3. The van der Waals surface area contributed by atoms with Crippen molar-refractivity contribution in [3.8, 4) is 18.1 Å². The minimum atomic E-state index is -4.65. The van der Waals surface area contributed by atoms with Gasteiger partial charge in [-0.1, -0.05) is 24.9 Å². The van der Waals surface area contributed by atoms with Gasteiger partial charge in [0.05, 0.1) is 11.1 Å². The van der Waals surface area contributed by atoms with E-state index in [1.54, 1.807) is 39.1 Å². The maximum Gasteiger partial charge on any atom is 0.452 e. The molecule has 34 heavy (non-hydrogen) atoms. The van der Waals surface area contributed by atoms with Gasteiger partial charge in [-0.3, -0.25) is 10.3 Å². The Morgan fingerprint density at radius 2 is 1.82 bits per heavy atom. The molecule has 3 rings (SSSR count). The SMILES string of the molecule is C#Cc1cnc2cc(P)c(OC(C)C(C)(O)NC(C)(C)c3cc(C(F)(F)F)on3)cc2c1.CC. The summed E-state index contributed by atoms with van der Waals surface area (Å²) in [5, 5.41) is 18.9. The van der Waals surface area contributed by atoms with Crippen LogP contribution in [-0.4, -0.2) is 27.1 Å². The van der Waals surface area contributed by atoms with Gasteiger partial charge in [-0.2, -0.15) is 13.2 Å². The Hall–Kier alpha value is -2.66. The van der Waals surface area contributed by atoms with E-state index in [-0.39, 0.29) is 5.69 Å². The highest BCUT2D eigenvalue weighted by Crippen LogP contribution is 2.33. The summed E-state index contributed by atoms with van der Waals surface area (Å²) in [6.07, 6.45) is 1.57. The van der Waals surface area contributed by atoms with E-state index in [1.807, 2.05) is 19.9 Å². The summed E-state index contributed by atoms with van der Waals surface area (Å²) in [5.74, 6) is 1.79. The second-order valence-corrected chi connectivity index (χ2v) is 8.80. The number of hydrogen-bond acceptors (Lipinski definition) is 6. The number of rotatable bonds is 6. The fraction of sp³-hybridized carbons (Fsp3) is 0.417. The largest absolute Gasteiger partial charge is 0.486 e. The lowest BCUT2D eigenvalue weighted by Gasteiger charge is -2.38. The molecule has 0 bridgehead atoms. The van der Waals surface area contributed by atoms with Crippen LogP contribution in [0.3, 0.4) is 0 Å². The Labute approximate surface area is 199 Å². The first-order valence-electron chi connectivity index (χ1n) is 10.6. The van der Waals surface area contributed by atoms with Crippen LogP contribution in [0.5, 0.6) is 5.75 Å². The first-order chi connectivity index (χ1) is 15.7. The van der Waals surface area contributed by atoms with Gasteiger partial charge in [0.25, 0.3) is 0 Å². The molecule has 0 saturated heterocycles. The van der Waals surface area contributed by atoms with E-state index < -0.39 is 29.3 Å². The Kier molecular flexibility index (Phi) is 8.36. The van der Waals surface area contributed by atoms with Crippen LogP contribution in [0.15, 0.2) is 35.0 Å². The number of aromatic nitrogens is 2. The fourth-order valence-electron chi connectivity index (χ4n) is 3.16. The van der Waals surface area contributed by atoms with Gasteiger partial charge in [0.2, 0.25) is 5.76 Å². The zero-order chi connectivity index (χ0) is 25.9. The maximum atomic E-state index is 12.9. The summed E-state index contributed by atoms with van der Waals surface area (Å²) >= 11 is 0.